The van der Waals surface area contributed by atoms with Gasteiger partial charge in [0.1, 0.15) is 0 Å². The highest BCUT2D eigenvalue weighted by Gasteiger charge is 2.16. The Morgan fingerprint density at radius 3 is 2.79 bits per heavy atom. The topological polar surface area (TPSA) is 53.3 Å². The molecule has 0 aliphatic carbocycles. The molecule has 1 aromatic heterocycles. The molecule has 0 amide bonds. The number of hydrogen-bond acceptors (Lipinski definition) is 4. The second kappa shape index (κ2) is 8.12. The van der Waals surface area contributed by atoms with Gasteiger partial charge in [0, 0.05) is 44.0 Å². The number of aromatic nitrogens is 2. The zero-order chi connectivity index (χ0) is 16.9. The van der Waals surface area contributed by atoms with Crippen LogP contribution in [0.25, 0.3) is 11.3 Å². The van der Waals surface area contributed by atoms with Gasteiger partial charge in [0.25, 0.3) is 0 Å². The SMILES string of the molecule is Cn1cc(CNCC(O)CN2CCCC2)c(-c2ccccc2Cl)n1. The highest BCUT2D eigenvalue weighted by atomic mass is 35.5. The molecule has 1 aliphatic rings. The van der Waals surface area contributed by atoms with Gasteiger partial charge < -0.3 is 15.3 Å². The highest BCUT2D eigenvalue weighted by molar-refractivity contribution is 6.33. The zero-order valence-corrected chi connectivity index (χ0v) is 14.8. The van der Waals surface area contributed by atoms with Crippen LogP contribution in [0.5, 0.6) is 0 Å². The van der Waals surface area contributed by atoms with Gasteiger partial charge in [-0.05, 0) is 32.0 Å². The van der Waals surface area contributed by atoms with Crippen LogP contribution in [-0.2, 0) is 13.6 Å². The van der Waals surface area contributed by atoms with E-state index < -0.39 is 0 Å². The Kier molecular flexibility index (Phi) is 5.89. The molecule has 0 spiro atoms. The van der Waals surface area contributed by atoms with Crippen molar-refractivity contribution < 1.29 is 5.11 Å². The van der Waals surface area contributed by atoms with Crippen LogP contribution in [0.3, 0.4) is 0 Å². The standard InChI is InChI=1S/C18H25ClN4O/c1-22-12-14(18(21-22)16-6-2-3-7-17(16)19)10-20-11-15(24)13-23-8-4-5-9-23/h2-3,6-7,12,15,20,24H,4-5,8-11,13H2,1H3. The lowest BCUT2D eigenvalue weighted by molar-refractivity contribution is 0.123. The van der Waals surface area contributed by atoms with Crippen LogP contribution < -0.4 is 5.32 Å². The Bertz CT molecular complexity index is 667. The number of hydrogen-bond donors (Lipinski definition) is 2. The maximum absolute atomic E-state index is 10.2. The van der Waals surface area contributed by atoms with Crippen LogP contribution in [0.1, 0.15) is 18.4 Å². The minimum atomic E-state index is -0.344. The molecule has 24 heavy (non-hydrogen) atoms. The van der Waals surface area contributed by atoms with Crippen molar-refractivity contribution in [3.63, 3.8) is 0 Å². The Hall–Kier alpha value is -1.40. The fraction of sp³-hybridized carbons (Fsp3) is 0.500. The largest absolute Gasteiger partial charge is 0.390 e. The predicted octanol–water partition coefficient (Wildman–Crippen LogP) is 2.29. The third kappa shape index (κ3) is 4.36. The molecule has 5 nitrogen and oxygen atoms in total. The summed E-state index contributed by atoms with van der Waals surface area (Å²) in [5.74, 6) is 0. The quantitative estimate of drug-likeness (QED) is 0.806. The number of benzene rings is 1. The average molecular weight is 349 g/mol. The maximum Gasteiger partial charge on any atom is 0.0982 e. The minimum absolute atomic E-state index is 0.344. The molecule has 2 N–H and O–H groups in total. The summed E-state index contributed by atoms with van der Waals surface area (Å²) in [6, 6.07) is 7.74. The van der Waals surface area contributed by atoms with Crippen molar-refractivity contribution in [2.45, 2.75) is 25.5 Å². The van der Waals surface area contributed by atoms with Crippen LogP contribution >= 0.6 is 11.6 Å². The first kappa shape index (κ1) is 17.4. The second-order valence-corrected chi connectivity index (χ2v) is 6.86. The number of aryl methyl sites for hydroxylation is 1. The third-order valence-electron chi connectivity index (χ3n) is 4.40. The van der Waals surface area contributed by atoms with Gasteiger partial charge in [-0.25, -0.2) is 0 Å². The number of aliphatic hydroxyl groups excluding tert-OH is 1. The van der Waals surface area contributed by atoms with Crippen molar-refractivity contribution in [1.29, 1.82) is 0 Å². The maximum atomic E-state index is 10.2. The summed E-state index contributed by atoms with van der Waals surface area (Å²) in [6.07, 6.45) is 4.15. The molecule has 1 aliphatic heterocycles. The summed E-state index contributed by atoms with van der Waals surface area (Å²) >= 11 is 6.30. The van der Waals surface area contributed by atoms with Crippen molar-refractivity contribution in [3.05, 3.63) is 41.0 Å². The van der Waals surface area contributed by atoms with E-state index in [1.807, 2.05) is 37.5 Å². The summed E-state index contributed by atoms with van der Waals surface area (Å²) < 4.78 is 1.80. The summed E-state index contributed by atoms with van der Waals surface area (Å²) in [7, 11) is 1.91. The molecular weight excluding hydrogens is 324 g/mol. The van der Waals surface area contributed by atoms with Gasteiger partial charge in [0.2, 0.25) is 0 Å². The van der Waals surface area contributed by atoms with Crippen molar-refractivity contribution in [3.8, 4) is 11.3 Å². The zero-order valence-electron chi connectivity index (χ0n) is 14.1. The fourth-order valence-electron chi connectivity index (χ4n) is 3.25. The van der Waals surface area contributed by atoms with Crippen molar-refractivity contribution >= 4 is 11.6 Å². The van der Waals surface area contributed by atoms with Gasteiger partial charge >= 0.3 is 0 Å². The summed E-state index contributed by atoms with van der Waals surface area (Å²) in [5, 5.41) is 18.8. The minimum Gasteiger partial charge on any atom is -0.390 e. The van der Waals surface area contributed by atoms with Gasteiger partial charge in [-0.15, -0.1) is 0 Å². The molecule has 1 fully saturated rings. The number of nitrogens with one attached hydrogen (secondary N) is 1. The first-order chi connectivity index (χ1) is 11.6. The molecule has 2 aromatic rings. The van der Waals surface area contributed by atoms with E-state index in [9.17, 15) is 5.11 Å². The summed E-state index contributed by atoms with van der Waals surface area (Å²) in [5.41, 5.74) is 2.91. The van der Waals surface area contributed by atoms with E-state index in [0.29, 0.717) is 18.1 Å². The van der Waals surface area contributed by atoms with Crippen LogP contribution in [0.4, 0.5) is 0 Å². The molecule has 0 radical (unpaired) electrons. The van der Waals surface area contributed by atoms with Gasteiger partial charge in [-0.2, -0.15) is 5.10 Å². The Labute approximate surface area is 148 Å². The molecule has 3 rings (SSSR count). The van der Waals surface area contributed by atoms with E-state index in [0.717, 1.165) is 36.5 Å². The highest BCUT2D eigenvalue weighted by Crippen LogP contribution is 2.28. The average Bonchev–Trinajstić information content (AvgIpc) is 3.17. The molecule has 6 heteroatoms. The monoisotopic (exact) mass is 348 g/mol. The number of likely N-dealkylation sites (tertiary alicyclic amines) is 1. The second-order valence-electron chi connectivity index (χ2n) is 6.45. The van der Waals surface area contributed by atoms with Crippen molar-refractivity contribution in [1.82, 2.24) is 20.0 Å². The number of rotatable bonds is 7. The van der Waals surface area contributed by atoms with E-state index in [4.69, 9.17) is 11.6 Å². The van der Waals surface area contributed by atoms with Crippen LogP contribution in [0.15, 0.2) is 30.5 Å². The van der Waals surface area contributed by atoms with Crippen LogP contribution in [-0.4, -0.2) is 52.1 Å². The lowest BCUT2D eigenvalue weighted by Gasteiger charge is -2.19. The molecular formula is C18H25ClN4O. The molecule has 1 aromatic carbocycles. The molecule has 1 unspecified atom stereocenters. The Balaban J connectivity index is 1.58. The predicted molar refractivity (Wildman–Crippen MR) is 97.0 cm³/mol. The van der Waals surface area contributed by atoms with E-state index >= 15 is 0 Å². The smallest absolute Gasteiger partial charge is 0.0982 e. The molecule has 0 bridgehead atoms. The lowest BCUT2D eigenvalue weighted by Crippen LogP contribution is -2.36. The summed E-state index contributed by atoms with van der Waals surface area (Å²) in [6.45, 7) is 4.20. The lowest BCUT2D eigenvalue weighted by atomic mass is 10.1. The Morgan fingerprint density at radius 1 is 1.29 bits per heavy atom. The van der Waals surface area contributed by atoms with Gasteiger partial charge in [0.05, 0.1) is 16.8 Å². The first-order valence-electron chi connectivity index (χ1n) is 8.52. The fourth-order valence-corrected chi connectivity index (χ4v) is 3.47. The number of halogens is 1. The molecule has 2 heterocycles. The third-order valence-corrected chi connectivity index (χ3v) is 4.73. The van der Waals surface area contributed by atoms with Crippen LogP contribution in [0, 0.1) is 0 Å². The first-order valence-corrected chi connectivity index (χ1v) is 8.90. The van der Waals surface area contributed by atoms with E-state index in [2.05, 4.69) is 15.3 Å². The van der Waals surface area contributed by atoms with E-state index in [1.54, 1.807) is 4.68 Å². The number of nitrogens with zero attached hydrogens (tertiary/aromatic N) is 3. The van der Waals surface area contributed by atoms with Crippen molar-refractivity contribution in [2.75, 3.05) is 26.2 Å². The van der Waals surface area contributed by atoms with Gasteiger partial charge in [-0.1, -0.05) is 29.8 Å². The normalized spacial score (nSPS) is 16.6. The molecule has 1 saturated heterocycles. The number of β-amino-alcohol motifs (C(OH)–C–C–N with tert-alkyl or cyclic N) is 1. The van der Waals surface area contributed by atoms with Crippen LogP contribution in [0.2, 0.25) is 5.02 Å². The van der Waals surface area contributed by atoms with Gasteiger partial charge in [0.15, 0.2) is 0 Å². The summed E-state index contributed by atoms with van der Waals surface area (Å²) in [4.78, 5) is 2.32. The Morgan fingerprint density at radius 2 is 2.04 bits per heavy atom. The molecule has 1 atom stereocenters. The molecule has 0 saturated carbocycles. The molecule has 130 valence electrons. The van der Waals surface area contributed by atoms with E-state index in [1.165, 1.54) is 12.8 Å². The number of aliphatic hydroxyl groups is 1. The van der Waals surface area contributed by atoms with E-state index in [-0.39, 0.29) is 6.10 Å². The van der Waals surface area contributed by atoms with Gasteiger partial charge in [-0.3, -0.25) is 4.68 Å². The van der Waals surface area contributed by atoms with Crippen molar-refractivity contribution in [2.24, 2.45) is 7.05 Å².